The maximum Gasteiger partial charge on any atom is 0.276 e. The van der Waals surface area contributed by atoms with Gasteiger partial charge in [0.1, 0.15) is 0 Å². The fourth-order valence-corrected chi connectivity index (χ4v) is 3.78. The molecule has 0 unspecified atom stereocenters. The number of piperazine rings is 1. The number of nitrogens with zero attached hydrogens (tertiary/aromatic N) is 3. The quantitative estimate of drug-likeness (QED) is 0.605. The summed E-state index contributed by atoms with van der Waals surface area (Å²) in [4.78, 5) is 17.0. The molecule has 1 amide bonds. The summed E-state index contributed by atoms with van der Waals surface area (Å²) in [5.74, 6) is 0.554. The molecule has 144 valence electrons. The summed E-state index contributed by atoms with van der Waals surface area (Å²) < 4.78 is 6.53. The lowest BCUT2D eigenvalue weighted by Gasteiger charge is -2.34. The van der Waals surface area contributed by atoms with Gasteiger partial charge in [-0.1, -0.05) is 69.1 Å². The second kappa shape index (κ2) is 8.29. The van der Waals surface area contributed by atoms with Crippen LogP contribution in [-0.4, -0.2) is 47.0 Å². The van der Waals surface area contributed by atoms with E-state index in [1.807, 2.05) is 42.2 Å². The molecule has 0 bridgehead atoms. The highest BCUT2D eigenvalue weighted by atomic mass is 79.9. The highest BCUT2D eigenvalue weighted by Crippen LogP contribution is 2.22. The van der Waals surface area contributed by atoms with E-state index in [1.54, 1.807) is 6.07 Å². The number of aromatic nitrogens is 1. The third-order valence-corrected chi connectivity index (χ3v) is 5.85. The first-order valence-corrected chi connectivity index (χ1v) is 10.2. The first kappa shape index (κ1) is 18.9. The van der Waals surface area contributed by atoms with E-state index in [1.165, 1.54) is 11.1 Å². The Kier molecular flexibility index (Phi) is 5.59. The third-order valence-electron chi connectivity index (χ3n) is 5.08. The molecule has 1 aliphatic rings. The lowest BCUT2D eigenvalue weighted by Crippen LogP contribution is -2.48. The van der Waals surface area contributed by atoms with Gasteiger partial charge in [-0.3, -0.25) is 9.69 Å². The highest BCUT2D eigenvalue weighted by Gasteiger charge is 2.25. The molecule has 1 fully saturated rings. The summed E-state index contributed by atoms with van der Waals surface area (Å²) in [6, 6.07) is 18.0. The van der Waals surface area contributed by atoms with Crippen LogP contribution in [0, 0.1) is 6.92 Å². The molecule has 0 radical (unpaired) electrons. The number of carbonyl (C=O) groups is 1. The molecule has 1 aromatic heterocycles. The molecule has 1 saturated heterocycles. The van der Waals surface area contributed by atoms with Crippen LogP contribution in [0.5, 0.6) is 0 Å². The van der Waals surface area contributed by atoms with Crippen molar-refractivity contribution in [1.82, 2.24) is 15.0 Å². The van der Waals surface area contributed by atoms with Gasteiger partial charge >= 0.3 is 0 Å². The van der Waals surface area contributed by atoms with E-state index < -0.39 is 0 Å². The normalized spacial score (nSPS) is 15.0. The Morgan fingerprint density at radius 3 is 2.50 bits per heavy atom. The van der Waals surface area contributed by atoms with E-state index in [9.17, 15) is 4.79 Å². The topological polar surface area (TPSA) is 49.6 Å². The van der Waals surface area contributed by atoms with Gasteiger partial charge in [-0.25, -0.2) is 0 Å². The van der Waals surface area contributed by atoms with Crippen LogP contribution in [0.15, 0.2) is 63.6 Å². The molecule has 28 heavy (non-hydrogen) atoms. The van der Waals surface area contributed by atoms with Crippen LogP contribution in [0.4, 0.5) is 0 Å². The summed E-state index contributed by atoms with van der Waals surface area (Å²) in [6.07, 6.45) is 0. The Bertz CT molecular complexity index is 960. The summed E-state index contributed by atoms with van der Waals surface area (Å²) in [7, 11) is 0. The van der Waals surface area contributed by atoms with Crippen LogP contribution in [-0.2, 0) is 6.54 Å². The zero-order valence-corrected chi connectivity index (χ0v) is 17.4. The molecule has 1 aliphatic heterocycles. The summed E-state index contributed by atoms with van der Waals surface area (Å²) in [6.45, 7) is 5.98. The second-order valence-corrected chi connectivity index (χ2v) is 7.96. The molecular weight excluding hydrogens is 418 g/mol. The number of hydrogen-bond acceptors (Lipinski definition) is 4. The third kappa shape index (κ3) is 4.18. The van der Waals surface area contributed by atoms with Gasteiger partial charge in [-0.2, -0.15) is 0 Å². The van der Waals surface area contributed by atoms with E-state index in [4.69, 9.17) is 4.52 Å². The summed E-state index contributed by atoms with van der Waals surface area (Å²) in [5, 5.41) is 4.00. The first-order valence-electron chi connectivity index (χ1n) is 9.39. The maximum atomic E-state index is 12.8. The minimum atomic E-state index is -0.0670. The number of rotatable bonds is 4. The lowest BCUT2D eigenvalue weighted by molar-refractivity contribution is 0.0618. The summed E-state index contributed by atoms with van der Waals surface area (Å²) in [5.41, 5.74) is 3.74. The molecule has 6 heteroatoms. The smallest absolute Gasteiger partial charge is 0.276 e. The van der Waals surface area contributed by atoms with E-state index in [-0.39, 0.29) is 5.91 Å². The zero-order chi connectivity index (χ0) is 19.5. The van der Waals surface area contributed by atoms with Crippen molar-refractivity contribution in [2.24, 2.45) is 0 Å². The molecule has 5 nitrogen and oxygen atoms in total. The van der Waals surface area contributed by atoms with Crippen molar-refractivity contribution in [2.75, 3.05) is 26.2 Å². The minimum Gasteiger partial charge on any atom is -0.355 e. The monoisotopic (exact) mass is 439 g/mol. The Morgan fingerprint density at radius 2 is 1.79 bits per heavy atom. The van der Waals surface area contributed by atoms with Gasteiger partial charge in [0, 0.05) is 48.8 Å². The number of carbonyl (C=O) groups excluding carboxylic acids is 1. The largest absolute Gasteiger partial charge is 0.355 e. The number of aryl methyl sites for hydroxylation is 1. The van der Waals surface area contributed by atoms with E-state index in [2.05, 4.69) is 44.2 Å². The van der Waals surface area contributed by atoms with Crippen molar-refractivity contribution in [3.8, 4) is 11.3 Å². The van der Waals surface area contributed by atoms with E-state index in [0.29, 0.717) is 24.5 Å². The van der Waals surface area contributed by atoms with Gasteiger partial charge < -0.3 is 9.42 Å². The summed E-state index contributed by atoms with van der Waals surface area (Å²) >= 11 is 3.60. The molecular formula is C22H22BrN3O2. The van der Waals surface area contributed by atoms with Crippen LogP contribution < -0.4 is 0 Å². The molecule has 4 rings (SSSR count). The van der Waals surface area contributed by atoms with Gasteiger partial charge in [-0.05, 0) is 18.6 Å². The molecule has 3 aromatic rings. The van der Waals surface area contributed by atoms with Crippen LogP contribution in [0.3, 0.4) is 0 Å². The second-order valence-electron chi connectivity index (χ2n) is 7.10. The SMILES string of the molecule is Cc1ccc(-c2cc(C(=O)N3CCN(Cc4ccccc4Br)CC3)no2)cc1. The van der Waals surface area contributed by atoms with Crippen molar-refractivity contribution in [2.45, 2.75) is 13.5 Å². The average molecular weight is 440 g/mol. The van der Waals surface area contributed by atoms with Gasteiger partial charge in [-0.15, -0.1) is 0 Å². The number of halogens is 1. The molecule has 0 atom stereocenters. The Labute approximate surface area is 173 Å². The molecule has 2 heterocycles. The Balaban J connectivity index is 1.36. The van der Waals surface area contributed by atoms with Gasteiger partial charge in [0.2, 0.25) is 0 Å². The van der Waals surface area contributed by atoms with Crippen LogP contribution >= 0.6 is 15.9 Å². The van der Waals surface area contributed by atoms with Crippen molar-refractivity contribution < 1.29 is 9.32 Å². The number of benzene rings is 2. The zero-order valence-electron chi connectivity index (χ0n) is 15.8. The first-order chi connectivity index (χ1) is 13.6. The Morgan fingerprint density at radius 1 is 1.07 bits per heavy atom. The minimum absolute atomic E-state index is 0.0670. The predicted octanol–water partition coefficient (Wildman–Crippen LogP) is 4.37. The van der Waals surface area contributed by atoms with Crippen molar-refractivity contribution >= 4 is 21.8 Å². The Hall–Kier alpha value is -2.44. The fraction of sp³-hybridized carbons (Fsp3) is 0.273. The molecule has 0 saturated carbocycles. The molecule has 0 aliphatic carbocycles. The highest BCUT2D eigenvalue weighted by molar-refractivity contribution is 9.10. The van der Waals surface area contributed by atoms with Crippen LogP contribution in [0.2, 0.25) is 0 Å². The van der Waals surface area contributed by atoms with E-state index in [0.717, 1.165) is 29.7 Å². The van der Waals surface area contributed by atoms with E-state index >= 15 is 0 Å². The standard InChI is InChI=1S/C22H22BrN3O2/c1-16-6-8-17(9-7-16)21-14-20(24-28-21)22(27)26-12-10-25(11-13-26)15-18-4-2-3-5-19(18)23/h2-9,14H,10-13,15H2,1H3. The molecule has 0 spiro atoms. The van der Waals surface area contributed by atoms with Crippen molar-refractivity contribution in [3.05, 3.63) is 75.9 Å². The maximum absolute atomic E-state index is 12.8. The van der Waals surface area contributed by atoms with Crippen molar-refractivity contribution in [1.29, 1.82) is 0 Å². The lowest BCUT2D eigenvalue weighted by atomic mass is 10.1. The molecule has 0 N–H and O–H groups in total. The van der Waals surface area contributed by atoms with Crippen LogP contribution in [0.25, 0.3) is 11.3 Å². The average Bonchev–Trinajstić information content (AvgIpc) is 3.20. The fourth-order valence-electron chi connectivity index (χ4n) is 3.37. The van der Waals surface area contributed by atoms with Crippen LogP contribution in [0.1, 0.15) is 21.6 Å². The van der Waals surface area contributed by atoms with Crippen molar-refractivity contribution in [3.63, 3.8) is 0 Å². The van der Waals surface area contributed by atoms with Gasteiger partial charge in [0.15, 0.2) is 11.5 Å². The molecule has 2 aromatic carbocycles. The number of hydrogen-bond donors (Lipinski definition) is 0. The van der Waals surface area contributed by atoms with Gasteiger partial charge in [0.05, 0.1) is 0 Å². The number of amides is 1. The predicted molar refractivity (Wildman–Crippen MR) is 112 cm³/mol. The van der Waals surface area contributed by atoms with Gasteiger partial charge in [0.25, 0.3) is 5.91 Å².